The Bertz CT molecular complexity index is 321. The van der Waals surface area contributed by atoms with Crippen LogP contribution in [0.3, 0.4) is 0 Å². The smallest absolute Gasteiger partial charge is 0.0946 e. The van der Waals surface area contributed by atoms with Crippen molar-refractivity contribution in [1.29, 1.82) is 0 Å². The van der Waals surface area contributed by atoms with E-state index in [0.717, 1.165) is 12.3 Å². The zero-order valence-electron chi connectivity index (χ0n) is 9.49. The van der Waals surface area contributed by atoms with Crippen molar-refractivity contribution in [3.8, 4) is 0 Å². The van der Waals surface area contributed by atoms with Gasteiger partial charge in [0.1, 0.15) is 0 Å². The molecule has 3 atom stereocenters. The number of aromatic nitrogens is 2. The van der Waals surface area contributed by atoms with Crippen LogP contribution in [0.1, 0.15) is 44.2 Å². The van der Waals surface area contributed by atoms with E-state index in [-0.39, 0.29) is 0 Å². The molecule has 1 aromatic heterocycles. The van der Waals surface area contributed by atoms with Gasteiger partial charge in [0, 0.05) is 24.5 Å². The average Bonchev–Trinajstić information content (AvgIpc) is 2.65. The van der Waals surface area contributed by atoms with Gasteiger partial charge in [0.25, 0.3) is 0 Å². The molecule has 0 saturated heterocycles. The van der Waals surface area contributed by atoms with Gasteiger partial charge in [-0.25, -0.2) is 4.98 Å². The summed E-state index contributed by atoms with van der Waals surface area (Å²) in [6, 6.07) is 0. The highest BCUT2D eigenvalue weighted by Crippen LogP contribution is 2.40. The molecule has 15 heavy (non-hydrogen) atoms. The molecule has 0 amide bonds. The van der Waals surface area contributed by atoms with Crippen molar-refractivity contribution in [1.82, 2.24) is 9.55 Å². The zero-order chi connectivity index (χ0) is 10.8. The third kappa shape index (κ3) is 2.36. The number of imidazole rings is 1. The van der Waals surface area contributed by atoms with Gasteiger partial charge in [0.15, 0.2) is 0 Å². The number of hydrogen-bond donors (Lipinski definition) is 0. The molecule has 1 fully saturated rings. The zero-order valence-corrected chi connectivity index (χ0v) is 10.2. The van der Waals surface area contributed by atoms with E-state index in [2.05, 4.69) is 18.1 Å². The van der Waals surface area contributed by atoms with Gasteiger partial charge < -0.3 is 4.57 Å². The second-order valence-electron chi connectivity index (χ2n) is 4.65. The normalized spacial score (nSPS) is 31.8. The molecule has 0 spiro atoms. The first-order valence-corrected chi connectivity index (χ1v) is 6.26. The number of alkyl halides is 1. The second-order valence-corrected chi connectivity index (χ2v) is 5.27. The van der Waals surface area contributed by atoms with Crippen LogP contribution < -0.4 is 0 Å². The lowest BCUT2D eigenvalue weighted by Gasteiger charge is -2.32. The Morgan fingerprint density at radius 2 is 2.33 bits per heavy atom. The topological polar surface area (TPSA) is 17.8 Å². The fourth-order valence-corrected chi connectivity index (χ4v) is 2.98. The molecule has 3 heteroatoms. The highest BCUT2D eigenvalue weighted by atomic mass is 35.5. The minimum Gasteiger partial charge on any atom is -0.340 e. The van der Waals surface area contributed by atoms with Crippen LogP contribution in [0.15, 0.2) is 12.5 Å². The van der Waals surface area contributed by atoms with E-state index in [1.54, 1.807) is 0 Å². The van der Waals surface area contributed by atoms with E-state index in [4.69, 9.17) is 11.6 Å². The Labute approximate surface area is 96.7 Å². The van der Waals surface area contributed by atoms with Gasteiger partial charge in [-0.3, -0.25) is 0 Å². The summed E-state index contributed by atoms with van der Waals surface area (Å²) >= 11 is 6.26. The highest BCUT2D eigenvalue weighted by molar-refractivity contribution is 6.20. The first kappa shape index (κ1) is 11.0. The van der Waals surface area contributed by atoms with E-state index < -0.39 is 0 Å². The molecule has 2 rings (SSSR count). The van der Waals surface area contributed by atoms with Gasteiger partial charge in [-0.05, 0) is 25.2 Å². The largest absolute Gasteiger partial charge is 0.340 e. The number of hydrogen-bond acceptors (Lipinski definition) is 1. The number of halogens is 1. The van der Waals surface area contributed by atoms with Crippen LogP contribution in [0.4, 0.5) is 0 Å². The summed E-state index contributed by atoms with van der Waals surface area (Å²) in [6.45, 7) is 2.27. The van der Waals surface area contributed by atoms with Crippen LogP contribution in [-0.4, -0.2) is 14.9 Å². The molecule has 0 radical (unpaired) electrons. The molecule has 1 heterocycles. The number of nitrogens with zero attached hydrogens (tertiary/aromatic N) is 2. The summed E-state index contributed by atoms with van der Waals surface area (Å²) in [5.74, 6) is 1.35. The van der Waals surface area contributed by atoms with Gasteiger partial charge in [0.05, 0.1) is 12.0 Å². The summed E-state index contributed by atoms with van der Waals surface area (Å²) in [6.07, 6.45) is 8.79. The van der Waals surface area contributed by atoms with Crippen molar-refractivity contribution in [2.45, 2.75) is 43.9 Å². The molecule has 0 bridgehead atoms. The monoisotopic (exact) mass is 226 g/mol. The second kappa shape index (κ2) is 4.56. The Kier molecular flexibility index (Phi) is 3.35. The van der Waals surface area contributed by atoms with Crippen LogP contribution in [0.2, 0.25) is 0 Å². The Morgan fingerprint density at radius 3 is 2.93 bits per heavy atom. The molecular formula is C12H19ClN2. The minimum absolute atomic E-state index is 0.347. The maximum absolute atomic E-state index is 6.26. The molecule has 1 aliphatic carbocycles. The summed E-state index contributed by atoms with van der Waals surface area (Å²) in [5, 5.41) is 0.347. The van der Waals surface area contributed by atoms with Crippen LogP contribution >= 0.6 is 11.6 Å². The van der Waals surface area contributed by atoms with Crippen LogP contribution in [0.5, 0.6) is 0 Å². The SMILES string of the molecule is CCC1CCC(Cl)CC1c1cn(C)cn1. The molecule has 0 aromatic carbocycles. The van der Waals surface area contributed by atoms with Crippen molar-refractivity contribution in [3.63, 3.8) is 0 Å². The molecule has 2 nitrogen and oxygen atoms in total. The lowest BCUT2D eigenvalue weighted by atomic mass is 9.76. The van der Waals surface area contributed by atoms with Gasteiger partial charge >= 0.3 is 0 Å². The first-order valence-electron chi connectivity index (χ1n) is 5.82. The standard InChI is InChI=1S/C12H19ClN2/c1-3-9-4-5-10(13)6-11(9)12-7-15(2)8-14-12/h7-11H,3-6H2,1-2H3. The predicted octanol–water partition coefficient (Wildman–Crippen LogP) is 3.32. The van der Waals surface area contributed by atoms with E-state index in [9.17, 15) is 0 Å². The van der Waals surface area contributed by atoms with Gasteiger partial charge in [-0.2, -0.15) is 0 Å². The van der Waals surface area contributed by atoms with Gasteiger partial charge in [0.2, 0.25) is 0 Å². The first-order chi connectivity index (χ1) is 7.20. The lowest BCUT2D eigenvalue weighted by molar-refractivity contribution is 0.299. The molecule has 1 saturated carbocycles. The van der Waals surface area contributed by atoms with Crippen molar-refractivity contribution in [2.75, 3.05) is 0 Å². The van der Waals surface area contributed by atoms with Crippen molar-refractivity contribution < 1.29 is 0 Å². The van der Waals surface area contributed by atoms with E-state index in [0.29, 0.717) is 11.3 Å². The number of rotatable bonds is 2. The van der Waals surface area contributed by atoms with Gasteiger partial charge in [-0.15, -0.1) is 11.6 Å². The van der Waals surface area contributed by atoms with E-state index in [1.165, 1.54) is 25.0 Å². The van der Waals surface area contributed by atoms with E-state index >= 15 is 0 Å². The summed E-state index contributed by atoms with van der Waals surface area (Å²) < 4.78 is 2.03. The minimum atomic E-state index is 0.347. The summed E-state index contributed by atoms with van der Waals surface area (Å²) in [5.41, 5.74) is 1.23. The van der Waals surface area contributed by atoms with Crippen molar-refractivity contribution >= 4 is 11.6 Å². The molecule has 1 aromatic rings. The third-order valence-electron chi connectivity index (χ3n) is 3.56. The molecule has 0 N–H and O–H groups in total. The van der Waals surface area contributed by atoms with E-state index in [1.807, 2.05) is 17.9 Å². The third-order valence-corrected chi connectivity index (χ3v) is 3.95. The molecule has 0 aliphatic heterocycles. The summed E-state index contributed by atoms with van der Waals surface area (Å²) in [4.78, 5) is 4.48. The Balaban J connectivity index is 2.16. The Morgan fingerprint density at radius 1 is 1.53 bits per heavy atom. The highest BCUT2D eigenvalue weighted by Gasteiger charge is 2.30. The molecule has 3 unspecified atom stereocenters. The fourth-order valence-electron chi connectivity index (χ4n) is 2.66. The van der Waals surface area contributed by atoms with Gasteiger partial charge in [-0.1, -0.05) is 13.3 Å². The molecule has 1 aliphatic rings. The van der Waals surface area contributed by atoms with Crippen LogP contribution in [-0.2, 0) is 7.05 Å². The van der Waals surface area contributed by atoms with Crippen LogP contribution in [0, 0.1) is 5.92 Å². The predicted molar refractivity (Wildman–Crippen MR) is 63.2 cm³/mol. The Hall–Kier alpha value is -0.500. The van der Waals surface area contributed by atoms with Crippen molar-refractivity contribution in [2.24, 2.45) is 13.0 Å². The fraction of sp³-hybridized carbons (Fsp3) is 0.750. The molecule has 84 valence electrons. The average molecular weight is 227 g/mol. The van der Waals surface area contributed by atoms with Crippen molar-refractivity contribution in [3.05, 3.63) is 18.2 Å². The maximum Gasteiger partial charge on any atom is 0.0946 e. The maximum atomic E-state index is 6.26. The molecular weight excluding hydrogens is 208 g/mol. The summed E-state index contributed by atoms with van der Waals surface area (Å²) in [7, 11) is 2.03. The quantitative estimate of drug-likeness (QED) is 0.708. The lowest BCUT2D eigenvalue weighted by Crippen LogP contribution is -2.23. The van der Waals surface area contributed by atoms with Crippen LogP contribution in [0.25, 0.3) is 0 Å². The number of aryl methyl sites for hydroxylation is 1.